The van der Waals surface area contributed by atoms with Gasteiger partial charge in [-0.3, -0.25) is 4.79 Å². The van der Waals surface area contributed by atoms with Crippen molar-refractivity contribution in [2.45, 2.75) is 25.8 Å². The number of carboxylic acid groups (broad SMARTS) is 1. The number of hydrogen-bond donors (Lipinski definition) is 2. The van der Waals surface area contributed by atoms with Crippen molar-refractivity contribution in [3.05, 3.63) is 0 Å². The highest BCUT2D eigenvalue weighted by Crippen LogP contribution is 2.17. The van der Waals surface area contributed by atoms with E-state index in [0.717, 1.165) is 0 Å². The van der Waals surface area contributed by atoms with Gasteiger partial charge in [-0.05, 0) is 19.8 Å². The molecule has 3 amide bonds. The third kappa shape index (κ3) is 3.77. The predicted octanol–water partition coefficient (Wildman–Crippen LogP) is 0.333. The summed E-state index contributed by atoms with van der Waals surface area (Å²) < 4.78 is 4.93. The molecular formula is C13H21N3O5. The van der Waals surface area contributed by atoms with E-state index in [-0.39, 0.29) is 31.3 Å². The van der Waals surface area contributed by atoms with Gasteiger partial charge in [0.15, 0.2) is 0 Å². The van der Waals surface area contributed by atoms with Crippen LogP contribution in [0.5, 0.6) is 0 Å². The molecule has 2 aliphatic heterocycles. The van der Waals surface area contributed by atoms with E-state index >= 15 is 0 Å². The molecule has 0 unspecified atom stereocenters. The van der Waals surface area contributed by atoms with Crippen molar-refractivity contribution in [2.24, 2.45) is 5.92 Å². The smallest absolute Gasteiger partial charge is 0.409 e. The van der Waals surface area contributed by atoms with E-state index in [9.17, 15) is 14.4 Å². The molecule has 2 N–H and O–H groups in total. The monoisotopic (exact) mass is 299 g/mol. The van der Waals surface area contributed by atoms with Gasteiger partial charge in [0, 0.05) is 32.2 Å². The van der Waals surface area contributed by atoms with Gasteiger partial charge in [0.25, 0.3) is 0 Å². The number of carbonyl (C=O) groups is 3. The van der Waals surface area contributed by atoms with E-state index in [1.54, 1.807) is 11.8 Å². The van der Waals surface area contributed by atoms with Gasteiger partial charge in [0.1, 0.15) is 0 Å². The van der Waals surface area contributed by atoms with Gasteiger partial charge in [0.2, 0.25) is 0 Å². The Balaban J connectivity index is 1.68. The molecule has 0 atom stereocenters. The molecule has 0 saturated carbocycles. The molecule has 21 heavy (non-hydrogen) atoms. The first kappa shape index (κ1) is 15.4. The zero-order valence-corrected chi connectivity index (χ0v) is 12.1. The molecule has 0 aliphatic carbocycles. The number of rotatable bonds is 3. The Morgan fingerprint density at radius 2 is 1.81 bits per heavy atom. The van der Waals surface area contributed by atoms with Crippen LogP contribution >= 0.6 is 0 Å². The highest BCUT2D eigenvalue weighted by atomic mass is 16.6. The predicted molar refractivity (Wildman–Crippen MR) is 72.8 cm³/mol. The number of carbonyl (C=O) groups excluding carboxylic acids is 2. The maximum Gasteiger partial charge on any atom is 0.409 e. The molecule has 2 fully saturated rings. The van der Waals surface area contributed by atoms with E-state index < -0.39 is 11.9 Å². The summed E-state index contributed by atoms with van der Waals surface area (Å²) in [5.41, 5.74) is 0. The Morgan fingerprint density at radius 1 is 1.19 bits per heavy atom. The van der Waals surface area contributed by atoms with E-state index in [2.05, 4.69) is 5.32 Å². The number of hydrogen-bond acceptors (Lipinski definition) is 4. The quantitative estimate of drug-likeness (QED) is 0.782. The van der Waals surface area contributed by atoms with Crippen molar-refractivity contribution >= 4 is 18.1 Å². The van der Waals surface area contributed by atoms with Gasteiger partial charge in [-0.25, -0.2) is 9.59 Å². The second kappa shape index (κ2) is 6.64. The van der Waals surface area contributed by atoms with Crippen LogP contribution in [0, 0.1) is 5.92 Å². The molecular weight excluding hydrogens is 278 g/mol. The second-order valence-electron chi connectivity index (χ2n) is 5.35. The molecule has 0 aromatic heterocycles. The van der Waals surface area contributed by atoms with Gasteiger partial charge in [-0.15, -0.1) is 0 Å². The third-order valence-electron chi connectivity index (χ3n) is 3.87. The Labute approximate surface area is 123 Å². The molecule has 0 spiro atoms. The molecule has 118 valence electrons. The summed E-state index contributed by atoms with van der Waals surface area (Å²) in [6, 6.07) is -0.200. The van der Waals surface area contributed by atoms with Crippen LogP contribution < -0.4 is 5.32 Å². The largest absolute Gasteiger partial charge is 0.481 e. The van der Waals surface area contributed by atoms with Crippen LogP contribution in [0.4, 0.5) is 9.59 Å². The topological polar surface area (TPSA) is 99.2 Å². The molecule has 0 aromatic carbocycles. The second-order valence-corrected chi connectivity index (χ2v) is 5.35. The van der Waals surface area contributed by atoms with Gasteiger partial charge >= 0.3 is 18.1 Å². The Hall–Kier alpha value is -1.99. The minimum Gasteiger partial charge on any atom is -0.481 e. The fourth-order valence-electron chi connectivity index (χ4n) is 2.49. The first-order valence-electron chi connectivity index (χ1n) is 7.21. The molecule has 0 radical (unpaired) electrons. The number of aliphatic carboxylic acids is 1. The Morgan fingerprint density at radius 3 is 2.33 bits per heavy atom. The molecule has 8 heteroatoms. The number of ether oxygens (including phenoxy) is 1. The summed E-state index contributed by atoms with van der Waals surface area (Å²) in [4.78, 5) is 37.3. The van der Waals surface area contributed by atoms with Crippen molar-refractivity contribution in [3.8, 4) is 0 Å². The highest BCUT2D eigenvalue weighted by Gasteiger charge is 2.36. The van der Waals surface area contributed by atoms with Crippen molar-refractivity contribution in [3.63, 3.8) is 0 Å². The molecule has 0 aromatic rings. The number of likely N-dealkylation sites (tertiary alicyclic amines) is 2. The Kier molecular flexibility index (Phi) is 4.87. The lowest BCUT2D eigenvalue weighted by Gasteiger charge is -2.38. The van der Waals surface area contributed by atoms with Crippen LogP contribution in [0.15, 0.2) is 0 Å². The molecule has 2 heterocycles. The first-order chi connectivity index (χ1) is 10.0. The normalized spacial score (nSPS) is 19.9. The van der Waals surface area contributed by atoms with Crippen molar-refractivity contribution < 1.29 is 24.2 Å². The molecule has 2 saturated heterocycles. The lowest BCUT2D eigenvalue weighted by Crippen LogP contribution is -2.58. The number of piperidine rings is 1. The summed E-state index contributed by atoms with van der Waals surface area (Å²) in [6.07, 6.45) is 1.05. The van der Waals surface area contributed by atoms with E-state index in [1.165, 1.54) is 4.90 Å². The summed E-state index contributed by atoms with van der Waals surface area (Å²) in [6.45, 7) is 3.77. The SMILES string of the molecule is CCOC(=O)N1CCC(NC(=O)N2CC(C(=O)O)C2)CC1. The fraction of sp³-hybridized carbons (Fsp3) is 0.769. The van der Waals surface area contributed by atoms with Crippen LogP contribution in [-0.4, -0.2) is 71.8 Å². The van der Waals surface area contributed by atoms with E-state index in [0.29, 0.717) is 32.5 Å². The van der Waals surface area contributed by atoms with Crippen LogP contribution in [-0.2, 0) is 9.53 Å². The zero-order valence-electron chi connectivity index (χ0n) is 12.1. The maximum atomic E-state index is 11.9. The van der Waals surface area contributed by atoms with Crippen LogP contribution in [0.3, 0.4) is 0 Å². The maximum absolute atomic E-state index is 11.9. The number of nitrogens with zero attached hydrogens (tertiary/aromatic N) is 2. The van der Waals surface area contributed by atoms with E-state index in [4.69, 9.17) is 9.84 Å². The fourth-order valence-corrected chi connectivity index (χ4v) is 2.49. The van der Waals surface area contributed by atoms with Gasteiger partial charge in [-0.2, -0.15) is 0 Å². The first-order valence-corrected chi connectivity index (χ1v) is 7.21. The summed E-state index contributed by atoms with van der Waals surface area (Å²) >= 11 is 0. The highest BCUT2D eigenvalue weighted by molar-refractivity contribution is 5.80. The van der Waals surface area contributed by atoms with Crippen molar-refractivity contribution in [2.75, 3.05) is 32.8 Å². The lowest BCUT2D eigenvalue weighted by molar-refractivity contribution is -0.146. The molecule has 8 nitrogen and oxygen atoms in total. The third-order valence-corrected chi connectivity index (χ3v) is 3.87. The minimum atomic E-state index is -0.859. The zero-order chi connectivity index (χ0) is 15.4. The molecule has 0 bridgehead atoms. The van der Waals surface area contributed by atoms with Crippen molar-refractivity contribution in [1.82, 2.24) is 15.1 Å². The average molecular weight is 299 g/mol. The van der Waals surface area contributed by atoms with Gasteiger partial charge < -0.3 is 25.0 Å². The number of urea groups is 1. The van der Waals surface area contributed by atoms with E-state index in [1.807, 2.05) is 0 Å². The standard InChI is InChI=1S/C13H21N3O5/c1-2-21-13(20)15-5-3-10(4-6-15)14-12(19)16-7-9(8-16)11(17)18/h9-10H,2-8H2,1H3,(H,14,19)(H,17,18). The minimum absolute atomic E-state index is 0.0204. The molecule has 2 rings (SSSR count). The number of amides is 3. The lowest BCUT2D eigenvalue weighted by atomic mass is 10.0. The Bertz CT molecular complexity index is 414. The van der Waals surface area contributed by atoms with Crippen LogP contribution in [0.1, 0.15) is 19.8 Å². The summed E-state index contributed by atoms with van der Waals surface area (Å²) in [7, 11) is 0. The van der Waals surface area contributed by atoms with Crippen molar-refractivity contribution in [1.29, 1.82) is 0 Å². The van der Waals surface area contributed by atoms with Gasteiger partial charge in [0.05, 0.1) is 12.5 Å². The number of nitrogens with one attached hydrogen (secondary N) is 1. The van der Waals surface area contributed by atoms with Gasteiger partial charge in [-0.1, -0.05) is 0 Å². The van der Waals surface area contributed by atoms with Crippen LogP contribution in [0.25, 0.3) is 0 Å². The molecule has 2 aliphatic rings. The number of carboxylic acids is 1. The summed E-state index contributed by atoms with van der Waals surface area (Å²) in [5.74, 6) is -1.30. The summed E-state index contributed by atoms with van der Waals surface area (Å²) in [5, 5.41) is 11.7. The average Bonchev–Trinajstić information content (AvgIpc) is 2.37. The van der Waals surface area contributed by atoms with Crippen LogP contribution in [0.2, 0.25) is 0 Å².